The van der Waals surface area contributed by atoms with E-state index < -0.39 is 0 Å². The molecule has 0 aliphatic carbocycles. The maximum Gasteiger partial charge on any atom is 0.125 e. The largest absolute Gasteiger partial charge is 0.488 e. The van der Waals surface area contributed by atoms with Crippen LogP contribution in [0.25, 0.3) is 0 Å². The number of halogens is 1. The highest BCUT2D eigenvalue weighted by molar-refractivity contribution is 5.26. The van der Waals surface area contributed by atoms with Crippen molar-refractivity contribution >= 4 is 0 Å². The summed E-state index contributed by atoms with van der Waals surface area (Å²) in [6, 6.07) is 14.9. The van der Waals surface area contributed by atoms with E-state index in [9.17, 15) is 4.39 Å². The van der Waals surface area contributed by atoms with Crippen molar-refractivity contribution in [2.75, 3.05) is 13.2 Å². The third-order valence-corrected chi connectivity index (χ3v) is 4.51. The second-order valence-corrected chi connectivity index (χ2v) is 6.87. The normalized spacial score (nSPS) is 13.7. The number of benzene rings is 2. The lowest BCUT2D eigenvalue weighted by Crippen LogP contribution is -2.36. The predicted molar refractivity (Wildman–Crippen MR) is 101 cm³/mol. The molecular formula is C22H29FO2. The lowest BCUT2D eigenvalue weighted by molar-refractivity contribution is 0.0117. The van der Waals surface area contributed by atoms with Crippen LogP contribution in [-0.4, -0.2) is 19.3 Å². The van der Waals surface area contributed by atoms with Crippen LogP contribution in [0.15, 0.2) is 48.5 Å². The van der Waals surface area contributed by atoms with Gasteiger partial charge in [0, 0.05) is 12.5 Å². The molecule has 0 spiro atoms. The van der Waals surface area contributed by atoms with Crippen LogP contribution in [0.1, 0.15) is 31.9 Å². The lowest BCUT2D eigenvalue weighted by atomic mass is 9.84. The van der Waals surface area contributed by atoms with Crippen molar-refractivity contribution in [3.8, 4) is 5.75 Å². The average Bonchev–Trinajstić information content (AvgIpc) is 2.60. The molecule has 0 saturated heterocycles. The Morgan fingerprint density at radius 1 is 0.960 bits per heavy atom. The quantitative estimate of drug-likeness (QED) is 0.603. The minimum atomic E-state index is -0.202. The van der Waals surface area contributed by atoms with Gasteiger partial charge in [0.25, 0.3) is 0 Å². The summed E-state index contributed by atoms with van der Waals surface area (Å²) in [6.07, 6.45) is 0.786. The topological polar surface area (TPSA) is 18.5 Å². The van der Waals surface area contributed by atoms with Gasteiger partial charge in [0.2, 0.25) is 0 Å². The van der Waals surface area contributed by atoms with Gasteiger partial charge in [-0.15, -0.1) is 0 Å². The summed E-state index contributed by atoms with van der Waals surface area (Å²) in [5.74, 6) is 1.35. The molecule has 2 nitrogen and oxygen atoms in total. The van der Waals surface area contributed by atoms with Crippen LogP contribution in [0.3, 0.4) is 0 Å². The van der Waals surface area contributed by atoms with Crippen molar-refractivity contribution in [2.45, 2.75) is 40.2 Å². The van der Waals surface area contributed by atoms with Crippen molar-refractivity contribution in [1.82, 2.24) is 0 Å². The predicted octanol–water partition coefficient (Wildman–Crippen LogP) is 5.43. The first-order valence-electron chi connectivity index (χ1n) is 9.05. The van der Waals surface area contributed by atoms with E-state index in [0.29, 0.717) is 19.1 Å². The highest BCUT2D eigenvalue weighted by Gasteiger charge is 2.27. The van der Waals surface area contributed by atoms with E-state index in [1.165, 1.54) is 17.7 Å². The van der Waals surface area contributed by atoms with Gasteiger partial charge < -0.3 is 9.47 Å². The van der Waals surface area contributed by atoms with E-state index in [-0.39, 0.29) is 17.8 Å². The minimum Gasteiger partial charge on any atom is -0.488 e. The van der Waals surface area contributed by atoms with Crippen LogP contribution in [0.4, 0.5) is 4.39 Å². The van der Waals surface area contributed by atoms with Gasteiger partial charge in [-0.3, -0.25) is 0 Å². The van der Waals surface area contributed by atoms with Crippen LogP contribution in [-0.2, 0) is 11.2 Å². The summed E-state index contributed by atoms with van der Waals surface area (Å²) in [6.45, 7) is 9.67. The molecule has 2 atom stereocenters. The fraction of sp³-hybridized carbons (Fsp3) is 0.455. The zero-order valence-corrected chi connectivity index (χ0v) is 15.7. The molecule has 2 rings (SSSR count). The lowest BCUT2D eigenvalue weighted by Gasteiger charge is -2.31. The molecule has 0 bridgehead atoms. The zero-order chi connectivity index (χ0) is 18.2. The van der Waals surface area contributed by atoms with Gasteiger partial charge in [0.05, 0.1) is 6.61 Å². The molecule has 0 saturated carbocycles. The maximum absolute atomic E-state index is 13.2. The third kappa shape index (κ3) is 6.17. The minimum absolute atomic E-state index is 0.0484. The van der Waals surface area contributed by atoms with Gasteiger partial charge in [-0.05, 0) is 56.0 Å². The van der Waals surface area contributed by atoms with E-state index in [4.69, 9.17) is 9.47 Å². The maximum atomic E-state index is 13.2. The van der Waals surface area contributed by atoms with Crippen LogP contribution in [0.2, 0.25) is 0 Å². The molecule has 136 valence electrons. The molecule has 0 radical (unpaired) electrons. The highest BCUT2D eigenvalue weighted by atomic mass is 19.1. The van der Waals surface area contributed by atoms with Gasteiger partial charge in [-0.25, -0.2) is 4.39 Å². The second-order valence-electron chi connectivity index (χ2n) is 6.87. The zero-order valence-electron chi connectivity index (χ0n) is 15.7. The SMILES string of the molecule is CCOC[C@H](Oc1ccc(C)cc1)[C@@H](Cc1ccc(F)cc1)C(C)C. The monoisotopic (exact) mass is 344 g/mol. The molecule has 25 heavy (non-hydrogen) atoms. The van der Waals surface area contributed by atoms with Crippen molar-refractivity contribution in [2.24, 2.45) is 11.8 Å². The Labute approximate surface area is 151 Å². The van der Waals surface area contributed by atoms with Crippen molar-refractivity contribution in [3.63, 3.8) is 0 Å². The summed E-state index contributed by atoms with van der Waals surface area (Å²) in [4.78, 5) is 0. The van der Waals surface area contributed by atoms with E-state index in [0.717, 1.165) is 17.7 Å². The summed E-state index contributed by atoms with van der Waals surface area (Å²) >= 11 is 0. The Morgan fingerprint density at radius 2 is 1.60 bits per heavy atom. The van der Waals surface area contributed by atoms with Crippen LogP contribution in [0.5, 0.6) is 5.75 Å². The number of hydrogen-bond acceptors (Lipinski definition) is 2. The summed E-state index contributed by atoms with van der Waals surface area (Å²) in [7, 11) is 0. The molecule has 0 aromatic heterocycles. The fourth-order valence-electron chi connectivity index (χ4n) is 2.96. The van der Waals surface area contributed by atoms with E-state index >= 15 is 0 Å². The molecule has 0 aliphatic rings. The molecule has 0 fully saturated rings. The molecule has 0 unspecified atom stereocenters. The first-order chi connectivity index (χ1) is 12.0. The van der Waals surface area contributed by atoms with Gasteiger partial charge in [0.15, 0.2) is 0 Å². The number of ether oxygens (including phenoxy) is 2. The Bertz CT molecular complexity index is 619. The molecule has 0 N–H and O–H groups in total. The third-order valence-electron chi connectivity index (χ3n) is 4.51. The Kier molecular flexibility index (Phi) is 7.45. The summed E-state index contributed by atoms with van der Waals surface area (Å²) < 4.78 is 25.2. The molecule has 2 aromatic carbocycles. The van der Waals surface area contributed by atoms with Gasteiger partial charge >= 0.3 is 0 Å². The number of rotatable bonds is 9. The van der Waals surface area contributed by atoms with Crippen LogP contribution in [0, 0.1) is 24.6 Å². The molecule has 3 heteroatoms. The Balaban J connectivity index is 2.17. The average molecular weight is 344 g/mol. The van der Waals surface area contributed by atoms with Crippen molar-refractivity contribution in [3.05, 3.63) is 65.5 Å². The smallest absolute Gasteiger partial charge is 0.125 e. The number of aryl methyl sites for hydroxylation is 1. The standard InChI is InChI=1S/C22H29FO2/c1-5-24-15-22(25-20-12-6-17(4)7-13-20)21(16(2)3)14-18-8-10-19(23)11-9-18/h6-13,16,21-22H,5,14-15H2,1-4H3/t21-,22-/m0/s1. The molecule has 0 heterocycles. The molecular weight excluding hydrogens is 315 g/mol. The molecule has 0 amide bonds. The van der Waals surface area contributed by atoms with Crippen molar-refractivity contribution < 1.29 is 13.9 Å². The first kappa shape index (κ1) is 19.5. The van der Waals surface area contributed by atoms with Gasteiger partial charge in [-0.1, -0.05) is 43.7 Å². The Hall–Kier alpha value is -1.87. The highest BCUT2D eigenvalue weighted by Crippen LogP contribution is 2.26. The van der Waals surface area contributed by atoms with Gasteiger partial charge in [0.1, 0.15) is 17.7 Å². The van der Waals surface area contributed by atoms with E-state index in [2.05, 4.69) is 32.9 Å². The van der Waals surface area contributed by atoms with Crippen LogP contribution < -0.4 is 4.74 Å². The molecule has 0 aliphatic heterocycles. The van der Waals surface area contributed by atoms with E-state index in [1.807, 2.05) is 31.2 Å². The number of hydrogen-bond donors (Lipinski definition) is 0. The summed E-state index contributed by atoms with van der Waals surface area (Å²) in [5, 5.41) is 0. The van der Waals surface area contributed by atoms with E-state index in [1.54, 1.807) is 0 Å². The van der Waals surface area contributed by atoms with Crippen LogP contribution >= 0.6 is 0 Å². The van der Waals surface area contributed by atoms with Crippen molar-refractivity contribution in [1.29, 1.82) is 0 Å². The second kappa shape index (κ2) is 9.57. The van der Waals surface area contributed by atoms with Gasteiger partial charge in [-0.2, -0.15) is 0 Å². The first-order valence-corrected chi connectivity index (χ1v) is 9.05. The Morgan fingerprint density at radius 3 is 2.16 bits per heavy atom. The fourth-order valence-corrected chi connectivity index (χ4v) is 2.96. The summed E-state index contributed by atoms with van der Waals surface area (Å²) in [5.41, 5.74) is 2.33. The molecule has 2 aromatic rings.